The van der Waals surface area contributed by atoms with Crippen LogP contribution in [0.15, 0.2) is 11.6 Å². The molecule has 1 aliphatic heterocycles. The average Bonchev–Trinajstić information content (AvgIpc) is 2.87. The minimum Gasteiger partial charge on any atom is -0.545 e. The molecule has 0 aromatic rings. The van der Waals surface area contributed by atoms with Crippen molar-refractivity contribution in [2.45, 2.75) is 19.4 Å². The van der Waals surface area contributed by atoms with Crippen LogP contribution in [0.2, 0.25) is 0 Å². The fourth-order valence-electron chi connectivity index (χ4n) is 0.821. The normalized spacial score (nSPS) is 21.6. The van der Waals surface area contributed by atoms with Gasteiger partial charge in [0.05, 0.1) is 25.8 Å². The first-order valence-electron chi connectivity index (χ1n) is 4.27. The minimum absolute atomic E-state index is 0.256. The Bertz CT molecular complexity index is 206. The van der Waals surface area contributed by atoms with E-state index in [4.69, 9.17) is 9.47 Å². The van der Waals surface area contributed by atoms with Gasteiger partial charge in [0, 0.05) is 0 Å². The summed E-state index contributed by atoms with van der Waals surface area (Å²) < 4.78 is 10.1. The third-order valence-corrected chi connectivity index (χ3v) is 1.74. The van der Waals surface area contributed by atoms with E-state index in [-0.39, 0.29) is 11.7 Å². The number of rotatable bonds is 6. The fourth-order valence-corrected chi connectivity index (χ4v) is 0.821. The van der Waals surface area contributed by atoms with Gasteiger partial charge in [-0.05, 0) is 18.9 Å². The molecule has 0 saturated carbocycles. The predicted molar refractivity (Wildman–Crippen MR) is 43.9 cm³/mol. The lowest BCUT2D eigenvalue weighted by Crippen LogP contribution is -2.23. The van der Waals surface area contributed by atoms with Crippen LogP contribution in [0.3, 0.4) is 0 Å². The Morgan fingerprint density at radius 2 is 2.46 bits per heavy atom. The summed E-state index contributed by atoms with van der Waals surface area (Å²) in [4.78, 5) is 10.2. The molecule has 1 rings (SSSR count). The molecule has 1 fully saturated rings. The van der Waals surface area contributed by atoms with Gasteiger partial charge >= 0.3 is 0 Å². The lowest BCUT2D eigenvalue weighted by molar-refractivity contribution is -0.299. The standard InChI is InChI=1S/C9H14O4/c1-7(9(10)11)3-2-4-12-5-8-6-13-8/h3,8H,2,4-6H2,1H3,(H,10,11)/p-1/b7-3+. The van der Waals surface area contributed by atoms with E-state index in [0.717, 1.165) is 6.61 Å². The zero-order valence-electron chi connectivity index (χ0n) is 7.62. The molecular formula is C9H13O4-. The number of hydrogen-bond acceptors (Lipinski definition) is 4. The Kier molecular flexibility index (Phi) is 3.92. The minimum atomic E-state index is -1.12. The Morgan fingerprint density at radius 3 is 3.00 bits per heavy atom. The molecule has 0 bridgehead atoms. The van der Waals surface area contributed by atoms with Crippen LogP contribution < -0.4 is 5.11 Å². The van der Waals surface area contributed by atoms with Crippen molar-refractivity contribution in [3.63, 3.8) is 0 Å². The molecule has 1 aliphatic rings. The summed E-state index contributed by atoms with van der Waals surface area (Å²) in [6, 6.07) is 0. The maximum atomic E-state index is 10.2. The molecule has 0 amide bonds. The number of epoxide rings is 1. The molecule has 0 aliphatic carbocycles. The van der Waals surface area contributed by atoms with Crippen LogP contribution in [0, 0.1) is 0 Å². The van der Waals surface area contributed by atoms with E-state index < -0.39 is 5.97 Å². The molecule has 0 radical (unpaired) electrons. The lowest BCUT2D eigenvalue weighted by Gasteiger charge is -2.02. The van der Waals surface area contributed by atoms with Gasteiger partial charge in [0.2, 0.25) is 0 Å². The fraction of sp³-hybridized carbons (Fsp3) is 0.667. The summed E-state index contributed by atoms with van der Waals surface area (Å²) in [5.41, 5.74) is 0.256. The molecule has 4 nitrogen and oxygen atoms in total. The average molecular weight is 185 g/mol. The Hall–Kier alpha value is -0.870. The second-order valence-corrected chi connectivity index (χ2v) is 2.99. The van der Waals surface area contributed by atoms with Gasteiger partial charge in [-0.2, -0.15) is 0 Å². The highest BCUT2D eigenvalue weighted by atomic mass is 16.6. The smallest absolute Gasteiger partial charge is 0.104 e. The second-order valence-electron chi connectivity index (χ2n) is 2.99. The highest BCUT2D eigenvalue weighted by Crippen LogP contribution is 2.08. The van der Waals surface area contributed by atoms with E-state index in [1.807, 2.05) is 0 Å². The molecule has 0 aromatic heterocycles. The number of ether oxygens (including phenoxy) is 2. The van der Waals surface area contributed by atoms with Crippen molar-refractivity contribution in [2.24, 2.45) is 0 Å². The summed E-state index contributed by atoms with van der Waals surface area (Å²) in [6.07, 6.45) is 2.47. The summed E-state index contributed by atoms with van der Waals surface area (Å²) in [5, 5.41) is 10.2. The quantitative estimate of drug-likeness (QED) is 0.317. The van der Waals surface area contributed by atoms with E-state index in [0.29, 0.717) is 19.6 Å². The van der Waals surface area contributed by atoms with Crippen LogP contribution in [0.1, 0.15) is 13.3 Å². The largest absolute Gasteiger partial charge is 0.545 e. The van der Waals surface area contributed by atoms with Crippen LogP contribution in [-0.2, 0) is 14.3 Å². The molecule has 1 unspecified atom stereocenters. The predicted octanol–water partition coefficient (Wildman–Crippen LogP) is -0.512. The monoisotopic (exact) mass is 185 g/mol. The van der Waals surface area contributed by atoms with Crippen molar-refractivity contribution >= 4 is 5.97 Å². The Labute approximate surface area is 77.1 Å². The topological polar surface area (TPSA) is 61.9 Å². The van der Waals surface area contributed by atoms with Gasteiger partial charge in [-0.25, -0.2) is 0 Å². The molecule has 1 heterocycles. The van der Waals surface area contributed by atoms with Crippen LogP contribution in [-0.4, -0.2) is 31.9 Å². The van der Waals surface area contributed by atoms with Crippen molar-refractivity contribution in [2.75, 3.05) is 19.8 Å². The number of carbonyl (C=O) groups is 1. The van der Waals surface area contributed by atoms with Crippen molar-refractivity contribution in [3.8, 4) is 0 Å². The number of carboxylic acid groups (broad SMARTS) is 1. The van der Waals surface area contributed by atoms with Crippen molar-refractivity contribution in [3.05, 3.63) is 11.6 Å². The van der Waals surface area contributed by atoms with Gasteiger partial charge in [0.1, 0.15) is 6.10 Å². The van der Waals surface area contributed by atoms with Crippen molar-refractivity contribution < 1.29 is 19.4 Å². The van der Waals surface area contributed by atoms with E-state index in [1.54, 1.807) is 6.08 Å². The third-order valence-electron chi connectivity index (χ3n) is 1.74. The molecule has 1 saturated heterocycles. The lowest BCUT2D eigenvalue weighted by atomic mass is 10.2. The van der Waals surface area contributed by atoms with Gasteiger partial charge < -0.3 is 19.4 Å². The summed E-state index contributed by atoms with van der Waals surface area (Å²) in [7, 11) is 0. The molecular weight excluding hydrogens is 172 g/mol. The molecule has 0 aromatic carbocycles. The summed E-state index contributed by atoms with van der Waals surface area (Å²) in [5.74, 6) is -1.12. The second kappa shape index (κ2) is 4.99. The number of aliphatic carboxylic acids is 1. The van der Waals surface area contributed by atoms with Crippen LogP contribution >= 0.6 is 0 Å². The highest BCUT2D eigenvalue weighted by molar-refractivity contribution is 5.83. The van der Waals surface area contributed by atoms with E-state index >= 15 is 0 Å². The van der Waals surface area contributed by atoms with Crippen LogP contribution in [0.4, 0.5) is 0 Å². The Morgan fingerprint density at radius 1 is 1.77 bits per heavy atom. The van der Waals surface area contributed by atoms with Crippen LogP contribution in [0.25, 0.3) is 0 Å². The third kappa shape index (κ3) is 4.65. The van der Waals surface area contributed by atoms with E-state index in [2.05, 4.69) is 0 Å². The van der Waals surface area contributed by atoms with E-state index in [9.17, 15) is 9.90 Å². The van der Waals surface area contributed by atoms with Crippen molar-refractivity contribution in [1.82, 2.24) is 0 Å². The van der Waals surface area contributed by atoms with Gasteiger partial charge in [0.25, 0.3) is 0 Å². The maximum Gasteiger partial charge on any atom is 0.104 e. The van der Waals surface area contributed by atoms with Crippen molar-refractivity contribution in [1.29, 1.82) is 0 Å². The number of carbonyl (C=O) groups excluding carboxylic acids is 1. The Balaban J connectivity index is 1.98. The maximum absolute atomic E-state index is 10.2. The van der Waals surface area contributed by atoms with Gasteiger partial charge in [-0.3, -0.25) is 0 Å². The molecule has 13 heavy (non-hydrogen) atoms. The number of carboxylic acids is 1. The zero-order chi connectivity index (χ0) is 9.68. The van der Waals surface area contributed by atoms with Gasteiger partial charge in [-0.15, -0.1) is 0 Å². The molecule has 1 atom stereocenters. The first-order chi connectivity index (χ1) is 6.20. The van der Waals surface area contributed by atoms with Gasteiger partial charge in [0.15, 0.2) is 0 Å². The summed E-state index contributed by atoms with van der Waals surface area (Å²) in [6.45, 7) is 3.44. The SMILES string of the molecule is C/C(=C\CCOCC1CO1)C(=O)[O-]. The molecule has 74 valence electrons. The zero-order valence-corrected chi connectivity index (χ0v) is 7.62. The summed E-state index contributed by atoms with van der Waals surface area (Å²) >= 11 is 0. The number of hydrogen-bond donors (Lipinski definition) is 0. The molecule has 4 heteroatoms. The first kappa shape index (κ1) is 10.2. The van der Waals surface area contributed by atoms with Crippen LogP contribution in [0.5, 0.6) is 0 Å². The molecule has 0 N–H and O–H groups in total. The molecule has 0 spiro atoms. The van der Waals surface area contributed by atoms with E-state index in [1.165, 1.54) is 6.92 Å². The first-order valence-corrected chi connectivity index (χ1v) is 4.27. The highest BCUT2D eigenvalue weighted by Gasteiger charge is 2.21. The van der Waals surface area contributed by atoms with Gasteiger partial charge in [-0.1, -0.05) is 6.08 Å².